The zero-order valence-corrected chi connectivity index (χ0v) is 10.6. The molecule has 0 aromatic carbocycles. The van der Waals surface area contributed by atoms with E-state index in [4.69, 9.17) is 5.73 Å². The van der Waals surface area contributed by atoms with E-state index in [0.717, 1.165) is 18.7 Å². The summed E-state index contributed by atoms with van der Waals surface area (Å²) in [6.45, 7) is 2.20. The molecule has 0 fully saturated rings. The summed E-state index contributed by atoms with van der Waals surface area (Å²) in [7, 11) is -3.78. The van der Waals surface area contributed by atoms with Crippen LogP contribution in [0.4, 0.5) is 11.5 Å². The Morgan fingerprint density at radius 1 is 1.56 bits per heavy atom. The SMILES string of the molecule is CCCCNS(=O)(=O)c1cnc(N)c([N+](=O)[O-])c1. The monoisotopic (exact) mass is 274 g/mol. The predicted molar refractivity (Wildman–Crippen MR) is 65.4 cm³/mol. The summed E-state index contributed by atoms with van der Waals surface area (Å²) < 4.78 is 25.9. The summed E-state index contributed by atoms with van der Waals surface area (Å²) in [5, 5.41) is 10.6. The Morgan fingerprint density at radius 3 is 2.78 bits per heavy atom. The van der Waals surface area contributed by atoms with Crippen LogP contribution in [0.3, 0.4) is 0 Å². The third-order valence-electron chi connectivity index (χ3n) is 2.20. The molecule has 18 heavy (non-hydrogen) atoms. The van der Waals surface area contributed by atoms with Crippen LogP contribution in [0.15, 0.2) is 17.2 Å². The Balaban J connectivity index is 3.02. The van der Waals surface area contributed by atoms with E-state index < -0.39 is 20.6 Å². The summed E-state index contributed by atoms with van der Waals surface area (Å²) in [5.41, 5.74) is 4.77. The van der Waals surface area contributed by atoms with Crippen LogP contribution in [0.25, 0.3) is 0 Å². The number of hydrogen-bond acceptors (Lipinski definition) is 6. The minimum Gasteiger partial charge on any atom is -0.378 e. The Kier molecular flexibility index (Phi) is 4.56. The predicted octanol–water partition coefficient (Wildman–Crippen LogP) is 0.650. The summed E-state index contributed by atoms with van der Waals surface area (Å²) >= 11 is 0. The average molecular weight is 274 g/mol. The Bertz CT molecular complexity index is 543. The molecule has 9 heteroatoms. The molecule has 0 radical (unpaired) electrons. The maximum atomic E-state index is 11.8. The molecule has 8 nitrogen and oxygen atoms in total. The first-order valence-electron chi connectivity index (χ1n) is 5.28. The highest BCUT2D eigenvalue weighted by Gasteiger charge is 2.20. The fraction of sp³-hybridized carbons (Fsp3) is 0.444. The minimum absolute atomic E-state index is 0.264. The lowest BCUT2D eigenvalue weighted by Gasteiger charge is -2.06. The zero-order valence-electron chi connectivity index (χ0n) is 9.79. The van der Waals surface area contributed by atoms with Gasteiger partial charge in [-0.1, -0.05) is 13.3 Å². The van der Waals surface area contributed by atoms with Gasteiger partial charge >= 0.3 is 5.69 Å². The lowest BCUT2D eigenvalue weighted by molar-refractivity contribution is -0.384. The third-order valence-corrected chi connectivity index (χ3v) is 3.63. The molecular formula is C9H14N4O4S. The van der Waals surface area contributed by atoms with Crippen LogP contribution in [-0.2, 0) is 10.0 Å². The molecular weight excluding hydrogens is 260 g/mol. The lowest BCUT2D eigenvalue weighted by Crippen LogP contribution is -2.25. The van der Waals surface area contributed by atoms with Crippen molar-refractivity contribution in [2.75, 3.05) is 12.3 Å². The second-order valence-electron chi connectivity index (χ2n) is 3.58. The number of anilines is 1. The molecule has 0 aliphatic rings. The molecule has 1 aromatic heterocycles. The van der Waals surface area contributed by atoms with Crippen molar-refractivity contribution in [3.63, 3.8) is 0 Å². The van der Waals surface area contributed by atoms with Gasteiger partial charge in [-0.15, -0.1) is 0 Å². The number of rotatable bonds is 6. The fourth-order valence-electron chi connectivity index (χ4n) is 1.21. The molecule has 0 aliphatic heterocycles. The second kappa shape index (κ2) is 5.74. The quantitative estimate of drug-likeness (QED) is 0.445. The van der Waals surface area contributed by atoms with Crippen LogP contribution in [0.2, 0.25) is 0 Å². The van der Waals surface area contributed by atoms with Crippen molar-refractivity contribution in [3.8, 4) is 0 Å². The van der Waals surface area contributed by atoms with Gasteiger partial charge < -0.3 is 5.73 Å². The van der Waals surface area contributed by atoms with Crippen LogP contribution in [0.5, 0.6) is 0 Å². The van der Waals surface area contributed by atoms with E-state index in [-0.39, 0.29) is 17.3 Å². The van der Waals surface area contributed by atoms with Gasteiger partial charge in [0.1, 0.15) is 4.90 Å². The molecule has 0 aliphatic carbocycles. The topological polar surface area (TPSA) is 128 Å². The van der Waals surface area contributed by atoms with Crippen LogP contribution in [0, 0.1) is 10.1 Å². The molecule has 0 atom stereocenters. The van der Waals surface area contributed by atoms with E-state index in [1.807, 2.05) is 6.92 Å². The van der Waals surface area contributed by atoms with Crippen molar-refractivity contribution >= 4 is 21.5 Å². The molecule has 0 spiro atoms. The molecule has 0 saturated carbocycles. The molecule has 0 saturated heterocycles. The number of pyridine rings is 1. The second-order valence-corrected chi connectivity index (χ2v) is 5.35. The van der Waals surface area contributed by atoms with Gasteiger partial charge in [-0.3, -0.25) is 10.1 Å². The fourth-order valence-corrected chi connectivity index (χ4v) is 2.24. The van der Waals surface area contributed by atoms with Crippen molar-refractivity contribution in [2.24, 2.45) is 0 Å². The van der Waals surface area contributed by atoms with Crippen LogP contribution in [-0.4, -0.2) is 24.9 Å². The van der Waals surface area contributed by atoms with Crippen molar-refractivity contribution in [1.29, 1.82) is 0 Å². The number of hydrogen-bond donors (Lipinski definition) is 2. The molecule has 1 aromatic rings. The molecule has 0 bridgehead atoms. The lowest BCUT2D eigenvalue weighted by atomic mass is 10.3. The van der Waals surface area contributed by atoms with E-state index in [9.17, 15) is 18.5 Å². The molecule has 3 N–H and O–H groups in total. The van der Waals surface area contributed by atoms with E-state index in [0.29, 0.717) is 6.42 Å². The molecule has 1 heterocycles. The maximum Gasteiger partial charge on any atom is 0.312 e. The van der Waals surface area contributed by atoms with Crippen molar-refractivity contribution in [3.05, 3.63) is 22.4 Å². The van der Waals surface area contributed by atoms with Gasteiger partial charge in [-0.05, 0) is 6.42 Å². The van der Waals surface area contributed by atoms with E-state index >= 15 is 0 Å². The van der Waals surface area contributed by atoms with E-state index in [2.05, 4.69) is 9.71 Å². The van der Waals surface area contributed by atoms with Gasteiger partial charge in [0, 0.05) is 18.8 Å². The smallest absolute Gasteiger partial charge is 0.312 e. The van der Waals surface area contributed by atoms with E-state index in [1.165, 1.54) is 0 Å². The number of nitrogens with zero attached hydrogens (tertiary/aromatic N) is 2. The molecule has 0 amide bonds. The normalized spacial score (nSPS) is 11.4. The first kappa shape index (κ1) is 14.3. The first-order chi connectivity index (χ1) is 8.38. The van der Waals surface area contributed by atoms with Crippen molar-refractivity contribution in [2.45, 2.75) is 24.7 Å². The van der Waals surface area contributed by atoms with Crippen LogP contribution < -0.4 is 10.5 Å². The number of nitro groups is 1. The number of nitrogen functional groups attached to an aromatic ring is 1. The van der Waals surface area contributed by atoms with Gasteiger partial charge in [0.25, 0.3) is 0 Å². The van der Waals surface area contributed by atoms with Gasteiger partial charge in [-0.25, -0.2) is 18.1 Å². The van der Waals surface area contributed by atoms with Crippen molar-refractivity contribution in [1.82, 2.24) is 9.71 Å². The summed E-state index contributed by atoms with van der Waals surface area (Å²) in [4.78, 5) is 13.1. The van der Waals surface area contributed by atoms with Gasteiger partial charge in [0.2, 0.25) is 15.8 Å². The standard InChI is InChI=1S/C9H14N4O4S/c1-2-3-4-12-18(16,17)7-5-8(13(14)15)9(10)11-6-7/h5-6,12H,2-4H2,1H3,(H2,10,11). The number of nitrogens with two attached hydrogens (primary N) is 1. The summed E-state index contributed by atoms with van der Waals surface area (Å²) in [6, 6.07) is 0.899. The number of aromatic nitrogens is 1. The van der Waals surface area contributed by atoms with Crippen LogP contribution >= 0.6 is 0 Å². The number of sulfonamides is 1. The third kappa shape index (κ3) is 3.37. The summed E-state index contributed by atoms with van der Waals surface area (Å²) in [6.07, 6.45) is 2.52. The minimum atomic E-state index is -3.78. The average Bonchev–Trinajstić information content (AvgIpc) is 2.29. The van der Waals surface area contributed by atoms with Gasteiger partial charge in [0.15, 0.2) is 0 Å². The Hall–Kier alpha value is -1.74. The molecule has 100 valence electrons. The number of nitrogens with one attached hydrogen (secondary N) is 1. The van der Waals surface area contributed by atoms with Gasteiger partial charge in [0.05, 0.1) is 4.92 Å². The van der Waals surface area contributed by atoms with Crippen molar-refractivity contribution < 1.29 is 13.3 Å². The first-order valence-corrected chi connectivity index (χ1v) is 6.76. The summed E-state index contributed by atoms with van der Waals surface area (Å²) in [5.74, 6) is -0.312. The van der Waals surface area contributed by atoms with E-state index in [1.54, 1.807) is 0 Å². The highest BCUT2D eigenvalue weighted by molar-refractivity contribution is 7.89. The Labute approximate surface area is 104 Å². The highest BCUT2D eigenvalue weighted by Crippen LogP contribution is 2.21. The van der Waals surface area contributed by atoms with Crippen LogP contribution in [0.1, 0.15) is 19.8 Å². The largest absolute Gasteiger partial charge is 0.378 e. The zero-order chi connectivity index (χ0) is 13.8. The number of unbranched alkanes of at least 4 members (excludes halogenated alkanes) is 1. The Morgan fingerprint density at radius 2 is 2.22 bits per heavy atom. The highest BCUT2D eigenvalue weighted by atomic mass is 32.2. The maximum absolute atomic E-state index is 11.8. The molecule has 1 rings (SSSR count). The molecule has 0 unspecified atom stereocenters. The van der Waals surface area contributed by atoms with Gasteiger partial charge in [-0.2, -0.15) is 0 Å².